The molecule has 4 rings (SSSR count). The van der Waals surface area contributed by atoms with Crippen molar-refractivity contribution < 1.29 is 9.59 Å². The monoisotopic (exact) mass is 545 g/mol. The van der Waals surface area contributed by atoms with Crippen molar-refractivity contribution >= 4 is 29.4 Å². The van der Waals surface area contributed by atoms with E-state index in [1.54, 1.807) is 36.3 Å². The van der Waals surface area contributed by atoms with Gasteiger partial charge in [-0.3, -0.25) is 19.4 Å². The highest BCUT2D eigenvalue weighted by Gasteiger charge is 2.14. The Labute approximate surface area is 231 Å². The summed E-state index contributed by atoms with van der Waals surface area (Å²) in [6.07, 6.45) is 4.96. The minimum atomic E-state index is -0.317. The molecule has 0 unspecified atom stereocenters. The zero-order valence-corrected chi connectivity index (χ0v) is 22.7. The van der Waals surface area contributed by atoms with Crippen LogP contribution in [0.3, 0.4) is 0 Å². The summed E-state index contributed by atoms with van der Waals surface area (Å²) in [6, 6.07) is 17.2. The molecule has 0 spiro atoms. The average Bonchev–Trinajstić information content (AvgIpc) is 3.29. The van der Waals surface area contributed by atoms with Crippen molar-refractivity contribution in [2.75, 3.05) is 4.72 Å². The number of carbonyl (C=O) groups is 2. The van der Waals surface area contributed by atoms with E-state index >= 15 is 0 Å². The van der Waals surface area contributed by atoms with Crippen molar-refractivity contribution in [2.45, 2.75) is 45.8 Å². The highest BCUT2D eigenvalue weighted by Crippen LogP contribution is 2.15. The number of pyridine rings is 2. The lowest BCUT2D eigenvalue weighted by Crippen LogP contribution is -2.34. The molecule has 0 atom stereocenters. The quantitative estimate of drug-likeness (QED) is 0.234. The maximum absolute atomic E-state index is 13.0. The second kappa shape index (κ2) is 13.4. The number of rotatable bonds is 12. The maximum atomic E-state index is 13.0. The number of nitrogens with zero attached hydrogens (tertiary/aromatic N) is 4. The standard InChI is InChI=1S/C28H31N7O3S/c1-20-10-11-24(33-39-18-22-7-4-3-5-8-22)28(38)35(20)17-27(37)31-15-25-21(2)32-19-34(25)16-26(36)30-14-23-9-6-12-29-13-23/h3-13,19,33H,14-18H2,1-2H3,(H,30,36)(H,31,37). The molecule has 202 valence electrons. The molecule has 0 saturated carbocycles. The highest BCUT2D eigenvalue weighted by molar-refractivity contribution is 7.99. The van der Waals surface area contributed by atoms with E-state index in [-0.39, 0.29) is 37.0 Å². The van der Waals surface area contributed by atoms with Crippen LogP contribution in [0.4, 0.5) is 5.69 Å². The average molecular weight is 546 g/mol. The Kier molecular flexibility index (Phi) is 9.52. The Bertz CT molecular complexity index is 1470. The summed E-state index contributed by atoms with van der Waals surface area (Å²) in [5, 5.41) is 5.72. The van der Waals surface area contributed by atoms with Gasteiger partial charge in [-0.05, 0) is 55.1 Å². The van der Waals surface area contributed by atoms with E-state index in [0.717, 1.165) is 16.8 Å². The molecule has 0 fully saturated rings. The summed E-state index contributed by atoms with van der Waals surface area (Å²) in [4.78, 5) is 46.7. The maximum Gasteiger partial charge on any atom is 0.275 e. The Morgan fingerprint density at radius 1 is 0.897 bits per heavy atom. The molecular formula is C28H31N7O3S. The smallest absolute Gasteiger partial charge is 0.275 e. The summed E-state index contributed by atoms with van der Waals surface area (Å²) < 4.78 is 6.26. The molecule has 11 heteroatoms. The second-order valence-corrected chi connectivity index (χ2v) is 9.76. The molecule has 4 aromatic rings. The number of imidazole rings is 1. The molecule has 39 heavy (non-hydrogen) atoms. The SMILES string of the molecule is Cc1ncn(CC(=O)NCc2cccnc2)c1CNC(=O)Cn1c(C)ccc(NSCc2ccccc2)c1=O. The van der Waals surface area contributed by atoms with E-state index in [1.165, 1.54) is 16.5 Å². The number of carbonyl (C=O) groups excluding carboxylic acids is 2. The van der Waals surface area contributed by atoms with E-state index in [2.05, 4.69) is 25.3 Å². The van der Waals surface area contributed by atoms with Gasteiger partial charge in [0.15, 0.2) is 0 Å². The van der Waals surface area contributed by atoms with Gasteiger partial charge < -0.3 is 24.5 Å². The first-order valence-electron chi connectivity index (χ1n) is 12.5. The van der Waals surface area contributed by atoms with E-state index in [4.69, 9.17) is 0 Å². The second-order valence-electron chi connectivity index (χ2n) is 8.98. The molecule has 0 saturated heterocycles. The summed E-state index contributed by atoms with van der Waals surface area (Å²) in [7, 11) is 0. The molecule has 3 N–H and O–H groups in total. The van der Waals surface area contributed by atoms with Gasteiger partial charge in [-0.2, -0.15) is 0 Å². The van der Waals surface area contributed by atoms with Gasteiger partial charge >= 0.3 is 0 Å². The van der Waals surface area contributed by atoms with Crippen LogP contribution in [-0.2, 0) is 41.5 Å². The van der Waals surface area contributed by atoms with Gasteiger partial charge in [-0.1, -0.05) is 36.4 Å². The molecule has 2 amide bonds. The van der Waals surface area contributed by atoms with Gasteiger partial charge in [0.25, 0.3) is 5.56 Å². The van der Waals surface area contributed by atoms with E-state index in [9.17, 15) is 14.4 Å². The number of anilines is 1. The molecule has 0 aliphatic heterocycles. The predicted molar refractivity (Wildman–Crippen MR) is 152 cm³/mol. The lowest BCUT2D eigenvalue weighted by molar-refractivity contribution is -0.122. The van der Waals surface area contributed by atoms with Crippen molar-refractivity contribution in [2.24, 2.45) is 0 Å². The van der Waals surface area contributed by atoms with Gasteiger partial charge in [-0.15, -0.1) is 0 Å². The summed E-state index contributed by atoms with van der Waals surface area (Å²) in [5.41, 5.74) is 4.31. The van der Waals surface area contributed by atoms with Gasteiger partial charge in [0.1, 0.15) is 18.8 Å². The van der Waals surface area contributed by atoms with Crippen LogP contribution in [0.1, 0.15) is 28.2 Å². The fraction of sp³-hybridized carbons (Fsp3) is 0.250. The Morgan fingerprint density at radius 3 is 2.41 bits per heavy atom. The fourth-order valence-electron chi connectivity index (χ4n) is 3.89. The van der Waals surface area contributed by atoms with Crippen molar-refractivity contribution in [1.29, 1.82) is 0 Å². The third-order valence-corrected chi connectivity index (χ3v) is 6.93. The van der Waals surface area contributed by atoms with E-state index < -0.39 is 0 Å². The van der Waals surface area contributed by atoms with Crippen LogP contribution >= 0.6 is 11.9 Å². The Balaban J connectivity index is 1.32. The first-order chi connectivity index (χ1) is 18.9. The number of aryl methyl sites for hydroxylation is 2. The fourth-order valence-corrected chi connectivity index (χ4v) is 4.63. The lowest BCUT2D eigenvalue weighted by Gasteiger charge is -2.14. The van der Waals surface area contributed by atoms with Crippen LogP contribution in [0, 0.1) is 13.8 Å². The van der Waals surface area contributed by atoms with Gasteiger partial charge in [0.05, 0.1) is 24.3 Å². The molecule has 3 aromatic heterocycles. The first kappa shape index (κ1) is 27.6. The number of benzene rings is 1. The lowest BCUT2D eigenvalue weighted by atomic mass is 10.2. The molecule has 3 heterocycles. The van der Waals surface area contributed by atoms with E-state index in [1.807, 2.05) is 55.5 Å². The van der Waals surface area contributed by atoms with Crippen molar-refractivity contribution in [3.05, 3.63) is 112 Å². The molecule has 0 aliphatic carbocycles. The van der Waals surface area contributed by atoms with Crippen LogP contribution in [0.15, 0.2) is 78.1 Å². The van der Waals surface area contributed by atoms with Crippen LogP contribution in [0.25, 0.3) is 0 Å². The minimum Gasteiger partial charge on any atom is -0.350 e. The Morgan fingerprint density at radius 2 is 1.64 bits per heavy atom. The van der Waals surface area contributed by atoms with Gasteiger partial charge in [0.2, 0.25) is 11.8 Å². The summed E-state index contributed by atoms with van der Waals surface area (Å²) >= 11 is 1.42. The molecule has 0 radical (unpaired) electrons. The molecular weight excluding hydrogens is 514 g/mol. The largest absolute Gasteiger partial charge is 0.350 e. The zero-order valence-electron chi connectivity index (χ0n) is 21.9. The zero-order chi connectivity index (χ0) is 27.6. The predicted octanol–water partition coefficient (Wildman–Crippen LogP) is 2.95. The van der Waals surface area contributed by atoms with Crippen LogP contribution in [0.5, 0.6) is 0 Å². The number of hydrogen-bond acceptors (Lipinski definition) is 7. The van der Waals surface area contributed by atoms with Crippen LogP contribution < -0.4 is 20.9 Å². The topological polar surface area (TPSA) is 123 Å². The number of hydrogen-bond donors (Lipinski definition) is 3. The third kappa shape index (κ3) is 7.81. The third-order valence-electron chi connectivity index (χ3n) is 6.09. The molecule has 10 nitrogen and oxygen atoms in total. The normalized spacial score (nSPS) is 10.7. The number of aromatic nitrogens is 4. The molecule has 0 bridgehead atoms. The van der Waals surface area contributed by atoms with Crippen molar-refractivity contribution in [1.82, 2.24) is 29.7 Å². The van der Waals surface area contributed by atoms with Crippen molar-refractivity contribution in [3.8, 4) is 0 Å². The van der Waals surface area contributed by atoms with Gasteiger partial charge in [0, 0.05) is 30.4 Å². The summed E-state index contributed by atoms with van der Waals surface area (Å²) in [5.74, 6) is 0.200. The molecule has 1 aromatic carbocycles. The van der Waals surface area contributed by atoms with E-state index in [0.29, 0.717) is 29.4 Å². The number of amides is 2. The van der Waals surface area contributed by atoms with Gasteiger partial charge in [-0.25, -0.2) is 4.98 Å². The Hall–Kier alpha value is -4.38. The van der Waals surface area contributed by atoms with Crippen LogP contribution in [0.2, 0.25) is 0 Å². The number of nitrogens with one attached hydrogen (secondary N) is 3. The minimum absolute atomic E-state index is 0.0687. The highest BCUT2D eigenvalue weighted by atomic mass is 32.2. The first-order valence-corrected chi connectivity index (χ1v) is 13.4. The summed E-state index contributed by atoms with van der Waals surface area (Å²) in [6.45, 7) is 4.11. The molecule has 0 aliphatic rings. The van der Waals surface area contributed by atoms with Crippen LogP contribution in [-0.4, -0.2) is 30.9 Å². The van der Waals surface area contributed by atoms with Crippen molar-refractivity contribution in [3.63, 3.8) is 0 Å².